The molecular formula is C21H25Cl2N3O2. The summed E-state index contributed by atoms with van der Waals surface area (Å²) in [7, 11) is 0. The number of rotatable bonds is 6. The second kappa shape index (κ2) is 9.61. The quantitative estimate of drug-likeness (QED) is 0.720. The highest BCUT2D eigenvalue weighted by molar-refractivity contribution is 6.35. The lowest BCUT2D eigenvalue weighted by Crippen LogP contribution is -2.39. The predicted octanol–water partition coefficient (Wildman–Crippen LogP) is 4.51. The predicted molar refractivity (Wildman–Crippen MR) is 116 cm³/mol. The van der Waals surface area contributed by atoms with Gasteiger partial charge in [-0.05, 0) is 55.8 Å². The van der Waals surface area contributed by atoms with Crippen LogP contribution in [0.3, 0.4) is 0 Å². The maximum atomic E-state index is 12.6. The van der Waals surface area contributed by atoms with Gasteiger partial charge in [-0.25, -0.2) is 0 Å². The van der Waals surface area contributed by atoms with Crippen molar-refractivity contribution in [2.45, 2.75) is 25.9 Å². The van der Waals surface area contributed by atoms with Gasteiger partial charge < -0.3 is 15.0 Å². The first kappa shape index (κ1) is 20.9. The van der Waals surface area contributed by atoms with Crippen LogP contribution in [-0.2, 0) is 9.53 Å². The van der Waals surface area contributed by atoms with E-state index in [9.17, 15) is 4.79 Å². The van der Waals surface area contributed by atoms with E-state index in [4.69, 9.17) is 27.9 Å². The van der Waals surface area contributed by atoms with Gasteiger partial charge in [0, 0.05) is 40.6 Å². The zero-order valence-electron chi connectivity index (χ0n) is 16.0. The maximum Gasteiger partial charge on any atom is 0.241 e. The lowest BCUT2D eigenvalue weighted by Gasteiger charge is -2.29. The molecule has 28 heavy (non-hydrogen) atoms. The van der Waals surface area contributed by atoms with E-state index in [0.717, 1.165) is 43.2 Å². The van der Waals surface area contributed by atoms with Gasteiger partial charge in [0.05, 0.1) is 19.3 Å². The standard InChI is InChI=1S/C21H25Cl2N3O2/c1-14(19-8-3-16(22)13-20(19)23)24-15(2)21(27)25-17-4-6-18(7-5-17)26-9-11-28-12-10-26/h3-8,13-15,24H,9-12H2,1-2H3,(H,25,27)/t14-,15-/m1/s1. The second-order valence-electron chi connectivity index (χ2n) is 6.91. The minimum atomic E-state index is -0.388. The molecule has 7 heteroatoms. The van der Waals surface area contributed by atoms with Crippen LogP contribution in [0.15, 0.2) is 42.5 Å². The Morgan fingerprint density at radius 3 is 2.39 bits per heavy atom. The normalized spacial score (nSPS) is 16.5. The molecule has 0 radical (unpaired) electrons. The molecule has 3 rings (SSSR count). The number of nitrogens with zero attached hydrogens (tertiary/aromatic N) is 1. The van der Waals surface area contributed by atoms with Gasteiger partial charge >= 0.3 is 0 Å². The molecule has 1 aliphatic heterocycles. The molecule has 0 unspecified atom stereocenters. The van der Waals surface area contributed by atoms with Crippen molar-refractivity contribution in [2.75, 3.05) is 36.5 Å². The van der Waals surface area contributed by atoms with E-state index in [1.54, 1.807) is 12.1 Å². The number of benzene rings is 2. The van der Waals surface area contributed by atoms with Crippen LogP contribution < -0.4 is 15.5 Å². The fourth-order valence-corrected chi connectivity index (χ4v) is 3.79. The number of ether oxygens (including phenoxy) is 1. The number of halogens is 2. The first-order valence-corrected chi connectivity index (χ1v) is 10.1. The summed E-state index contributed by atoms with van der Waals surface area (Å²) in [5, 5.41) is 7.40. The van der Waals surface area contributed by atoms with Gasteiger partial charge in [-0.3, -0.25) is 10.1 Å². The Morgan fingerprint density at radius 1 is 1.07 bits per heavy atom. The number of carbonyl (C=O) groups excluding carboxylic acids is 1. The molecule has 2 atom stereocenters. The largest absolute Gasteiger partial charge is 0.378 e. The molecule has 1 heterocycles. The number of amides is 1. The zero-order valence-corrected chi connectivity index (χ0v) is 17.6. The van der Waals surface area contributed by atoms with Crippen molar-refractivity contribution in [3.8, 4) is 0 Å². The highest BCUT2D eigenvalue weighted by atomic mass is 35.5. The molecule has 2 aromatic carbocycles. The lowest BCUT2D eigenvalue weighted by molar-refractivity contribution is -0.117. The molecule has 0 bridgehead atoms. The first-order valence-electron chi connectivity index (χ1n) is 9.38. The Balaban J connectivity index is 1.56. The Labute approximate surface area is 176 Å². The highest BCUT2D eigenvalue weighted by Crippen LogP contribution is 2.26. The lowest BCUT2D eigenvalue weighted by atomic mass is 10.1. The summed E-state index contributed by atoms with van der Waals surface area (Å²) in [4.78, 5) is 14.8. The van der Waals surface area contributed by atoms with E-state index < -0.39 is 0 Å². The van der Waals surface area contributed by atoms with Gasteiger partial charge in [0.2, 0.25) is 5.91 Å². The smallest absolute Gasteiger partial charge is 0.241 e. The molecule has 1 fully saturated rings. The number of morpholine rings is 1. The van der Waals surface area contributed by atoms with Crippen LogP contribution in [0.25, 0.3) is 0 Å². The first-order chi connectivity index (χ1) is 13.4. The highest BCUT2D eigenvalue weighted by Gasteiger charge is 2.18. The summed E-state index contributed by atoms with van der Waals surface area (Å²) in [6, 6.07) is 12.8. The molecule has 2 aromatic rings. The topological polar surface area (TPSA) is 53.6 Å². The van der Waals surface area contributed by atoms with E-state index in [0.29, 0.717) is 10.0 Å². The molecule has 0 aromatic heterocycles. The van der Waals surface area contributed by atoms with Gasteiger partial charge in [-0.2, -0.15) is 0 Å². The monoisotopic (exact) mass is 421 g/mol. The summed E-state index contributed by atoms with van der Waals surface area (Å²) in [5.74, 6) is -0.101. The van der Waals surface area contributed by atoms with E-state index in [-0.39, 0.29) is 18.0 Å². The molecule has 2 N–H and O–H groups in total. The minimum Gasteiger partial charge on any atom is -0.378 e. The average molecular weight is 422 g/mol. The van der Waals surface area contributed by atoms with Gasteiger partial charge in [0.15, 0.2) is 0 Å². The molecule has 5 nitrogen and oxygen atoms in total. The number of hydrogen-bond acceptors (Lipinski definition) is 4. The zero-order chi connectivity index (χ0) is 20.1. The molecular weight excluding hydrogens is 397 g/mol. The molecule has 0 aliphatic carbocycles. The second-order valence-corrected chi connectivity index (χ2v) is 7.76. The summed E-state index contributed by atoms with van der Waals surface area (Å²) in [6.45, 7) is 7.07. The Kier molecular flexibility index (Phi) is 7.18. The Hall–Kier alpha value is -1.79. The fourth-order valence-electron chi connectivity index (χ4n) is 3.22. The van der Waals surface area contributed by atoms with E-state index in [2.05, 4.69) is 15.5 Å². The van der Waals surface area contributed by atoms with Crippen molar-refractivity contribution < 1.29 is 9.53 Å². The van der Waals surface area contributed by atoms with Gasteiger partial charge in [0.1, 0.15) is 0 Å². The van der Waals surface area contributed by atoms with Crippen LogP contribution in [0.2, 0.25) is 10.0 Å². The van der Waals surface area contributed by atoms with Gasteiger partial charge in [-0.1, -0.05) is 29.3 Å². The van der Waals surface area contributed by atoms with Crippen LogP contribution in [0, 0.1) is 0 Å². The summed E-state index contributed by atoms with van der Waals surface area (Å²) >= 11 is 12.2. The Bertz CT molecular complexity index is 808. The summed E-state index contributed by atoms with van der Waals surface area (Å²) in [5.41, 5.74) is 2.81. The minimum absolute atomic E-state index is 0.0887. The van der Waals surface area contributed by atoms with Crippen molar-refractivity contribution in [2.24, 2.45) is 0 Å². The molecule has 1 amide bonds. The summed E-state index contributed by atoms with van der Waals surface area (Å²) < 4.78 is 5.38. The summed E-state index contributed by atoms with van der Waals surface area (Å²) in [6.07, 6.45) is 0. The van der Waals surface area contributed by atoms with Crippen molar-refractivity contribution in [1.82, 2.24) is 5.32 Å². The SMILES string of the molecule is C[C@@H](N[C@H](C)c1ccc(Cl)cc1Cl)C(=O)Nc1ccc(N2CCOCC2)cc1. The number of anilines is 2. The van der Waals surface area contributed by atoms with Crippen molar-refractivity contribution in [1.29, 1.82) is 0 Å². The van der Waals surface area contributed by atoms with Crippen LogP contribution in [-0.4, -0.2) is 38.3 Å². The van der Waals surface area contributed by atoms with E-state index >= 15 is 0 Å². The molecule has 150 valence electrons. The third kappa shape index (κ3) is 5.39. The molecule has 1 saturated heterocycles. The molecule has 1 aliphatic rings. The van der Waals surface area contributed by atoms with Gasteiger partial charge in [0.25, 0.3) is 0 Å². The van der Waals surface area contributed by atoms with Crippen LogP contribution in [0.1, 0.15) is 25.5 Å². The molecule has 0 spiro atoms. The van der Waals surface area contributed by atoms with Crippen molar-refractivity contribution in [3.05, 3.63) is 58.1 Å². The number of hydrogen-bond donors (Lipinski definition) is 2. The van der Waals surface area contributed by atoms with Crippen molar-refractivity contribution >= 4 is 40.5 Å². The van der Waals surface area contributed by atoms with Gasteiger partial charge in [-0.15, -0.1) is 0 Å². The van der Waals surface area contributed by atoms with Crippen LogP contribution >= 0.6 is 23.2 Å². The molecule has 0 saturated carbocycles. The third-order valence-electron chi connectivity index (χ3n) is 4.83. The maximum absolute atomic E-state index is 12.6. The van der Waals surface area contributed by atoms with E-state index in [1.165, 1.54) is 0 Å². The van der Waals surface area contributed by atoms with Crippen LogP contribution in [0.4, 0.5) is 11.4 Å². The fraction of sp³-hybridized carbons (Fsp3) is 0.381. The van der Waals surface area contributed by atoms with Crippen molar-refractivity contribution in [3.63, 3.8) is 0 Å². The third-order valence-corrected chi connectivity index (χ3v) is 5.40. The van der Waals surface area contributed by atoms with Crippen LogP contribution in [0.5, 0.6) is 0 Å². The number of carbonyl (C=O) groups is 1. The average Bonchev–Trinajstić information content (AvgIpc) is 2.69. The Morgan fingerprint density at radius 2 is 1.75 bits per heavy atom. The van der Waals surface area contributed by atoms with E-state index in [1.807, 2.05) is 44.2 Å². The number of nitrogens with one attached hydrogen (secondary N) is 2.